The number of nitrogens with zero attached hydrogens (tertiary/aromatic N) is 1. The zero-order valence-electron chi connectivity index (χ0n) is 16.2. The molecule has 9 heteroatoms. The first-order valence-corrected chi connectivity index (χ1v) is 11.3. The van der Waals surface area contributed by atoms with Crippen molar-refractivity contribution >= 4 is 33.5 Å². The van der Waals surface area contributed by atoms with Crippen LogP contribution in [0.1, 0.15) is 56.3 Å². The molecule has 0 saturated carbocycles. The van der Waals surface area contributed by atoms with Gasteiger partial charge in [0.1, 0.15) is 4.90 Å². The highest BCUT2D eigenvalue weighted by molar-refractivity contribution is 7.89. The van der Waals surface area contributed by atoms with Crippen molar-refractivity contribution in [2.45, 2.75) is 56.9 Å². The van der Waals surface area contributed by atoms with Gasteiger partial charge in [-0.15, -0.1) is 0 Å². The van der Waals surface area contributed by atoms with E-state index >= 15 is 0 Å². The molecule has 1 N–H and O–H groups in total. The van der Waals surface area contributed by atoms with Crippen molar-refractivity contribution in [1.82, 2.24) is 9.62 Å². The minimum absolute atomic E-state index is 0.00646. The molecule has 1 atom stereocenters. The fourth-order valence-corrected chi connectivity index (χ4v) is 5.13. The number of benzene rings is 1. The van der Waals surface area contributed by atoms with Crippen LogP contribution in [0.4, 0.5) is 0 Å². The number of hydrogen-bond donors (Lipinski definition) is 1. The van der Waals surface area contributed by atoms with E-state index in [0.29, 0.717) is 13.1 Å². The van der Waals surface area contributed by atoms with Crippen molar-refractivity contribution in [3.05, 3.63) is 28.8 Å². The maximum Gasteiger partial charge on any atom is 0.338 e. The van der Waals surface area contributed by atoms with Crippen LogP contribution < -0.4 is 5.32 Å². The number of ether oxygens (including phenoxy) is 1. The summed E-state index contributed by atoms with van der Waals surface area (Å²) in [7, 11) is -3.79. The third-order valence-electron chi connectivity index (χ3n) is 4.56. The van der Waals surface area contributed by atoms with E-state index in [4.69, 9.17) is 16.3 Å². The number of nitrogens with one attached hydrogen (secondary N) is 1. The van der Waals surface area contributed by atoms with Crippen LogP contribution in [0, 0.1) is 0 Å². The smallest absolute Gasteiger partial charge is 0.338 e. The highest BCUT2D eigenvalue weighted by atomic mass is 35.5. The van der Waals surface area contributed by atoms with Gasteiger partial charge in [0.05, 0.1) is 10.6 Å². The SMILES string of the molecule is CCC[C@@H](C)NC(=O)COC(=O)c1ccc(Cl)c(S(=O)(=O)N2CCCCC2)c1. The van der Waals surface area contributed by atoms with Crippen molar-refractivity contribution in [1.29, 1.82) is 0 Å². The Kier molecular flexibility index (Phi) is 8.27. The van der Waals surface area contributed by atoms with Gasteiger partial charge < -0.3 is 10.1 Å². The van der Waals surface area contributed by atoms with E-state index in [2.05, 4.69) is 5.32 Å². The second-order valence-corrected chi connectivity index (χ2v) is 9.26. The minimum Gasteiger partial charge on any atom is -0.452 e. The van der Waals surface area contributed by atoms with E-state index < -0.39 is 28.5 Å². The third-order valence-corrected chi connectivity index (χ3v) is 6.94. The van der Waals surface area contributed by atoms with Gasteiger partial charge in [-0.2, -0.15) is 4.31 Å². The summed E-state index contributed by atoms with van der Waals surface area (Å²) in [4.78, 5) is 24.0. The van der Waals surface area contributed by atoms with Crippen molar-refractivity contribution in [2.75, 3.05) is 19.7 Å². The summed E-state index contributed by atoms with van der Waals surface area (Å²) in [6, 6.07) is 3.95. The summed E-state index contributed by atoms with van der Waals surface area (Å²) >= 11 is 6.10. The maximum absolute atomic E-state index is 12.9. The van der Waals surface area contributed by atoms with Crippen LogP contribution in [0.2, 0.25) is 5.02 Å². The van der Waals surface area contributed by atoms with Crippen LogP contribution in [-0.4, -0.2) is 50.3 Å². The number of halogens is 1. The van der Waals surface area contributed by atoms with Crippen LogP contribution in [0.5, 0.6) is 0 Å². The molecule has 0 unspecified atom stereocenters. The Morgan fingerprint density at radius 2 is 1.93 bits per heavy atom. The Hall–Kier alpha value is -1.64. The number of amides is 1. The van der Waals surface area contributed by atoms with Gasteiger partial charge >= 0.3 is 5.97 Å². The first-order valence-electron chi connectivity index (χ1n) is 9.52. The molecule has 0 spiro atoms. The molecule has 0 aliphatic carbocycles. The summed E-state index contributed by atoms with van der Waals surface area (Å²) < 4.78 is 32.1. The molecule has 1 aromatic rings. The molecule has 1 amide bonds. The van der Waals surface area contributed by atoms with Crippen LogP contribution in [0.15, 0.2) is 23.1 Å². The van der Waals surface area contributed by atoms with Gasteiger partial charge in [0.2, 0.25) is 10.0 Å². The average Bonchev–Trinajstić information content (AvgIpc) is 2.67. The molecule has 0 bridgehead atoms. The maximum atomic E-state index is 12.9. The molecule has 1 aliphatic rings. The Labute approximate surface area is 171 Å². The number of rotatable bonds is 8. The summed E-state index contributed by atoms with van der Waals surface area (Å²) in [5.74, 6) is -1.17. The summed E-state index contributed by atoms with van der Waals surface area (Å²) in [6.07, 6.45) is 4.34. The zero-order chi connectivity index (χ0) is 20.7. The number of carbonyl (C=O) groups is 2. The van der Waals surface area contributed by atoms with Crippen LogP contribution in [0.25, 0.3) is 0 Å². The molecular formula is C19H27ClN2O5S. The first-order chi connectivity index (χ1) is 13.3. The van der Waals surface area contributed by atoms with Crippen LogP contribution in [0.3, 0.4) is 0 Å². The van der Waals surface area contributed by atoms with E-state index in [9.17, 15) is 18.0 Å². The molecule has 1 saturated heterocycles. The van der Waals surface area contributed by atoms with E-state index in [-0.39, 0.29) is 21.5 Å². The quantitative estimate of drug-likeness (QED) is 0.640. The largest absolute Gasteiger partial charge is 0.452 e. The predicted octanol–water partition coefficient (Wildman–Crippen LogP) is 2.98. The molecule has 0 aromatic heterocycles. The van der Waals surface area contributed by atoms with Gasteiger partial charge in [-0.25, -0.2) is 13.2 Å². The second-order valence-electron chi connectivity index (χ2n) is 6.94. The van der Waals surface area contributed by atoms with Crippen molar-refractivity contribution in [3.8, 4) is 0 Å². The Morgan fingerprint density at radius 3 is 2.57 bits per heavy atom. The zero-order valence-corrected chi connectivity index (χ0v) is 17.8. The van der Waals surface area contributed by atoms with Gasteiger partial charge in [-0.05, 0) is 44.4 Å². The van der Waals surface area contributed by atoms with Crippen molar-refractivity contribution in [3.63, 3.8) is 0 Å². The highest BCUT2D eigenvalue weighted by Gasteiger charge is 2.29. The standard InChI is InChI=1S/C19H27ClN2O5S/c1-3-7-14(2)21-18(23)13-27-19(24)15-8-9-16(20)17(12-15)28(25,26)22-10-5-4-6-11-22/h8-9,12,14H,3-7,10-11,13H2,1-2H3,(H,21,23)/t14-/m1/s1. The summed E-state index contributed by atoms with van der Waals surface area (Å²) in [6.45, 7) is 4.33. The molecule has 1 aromatic carbocycles. The fraction of sp³-hybridized carbons (Fsp3) is 0.579. The topological polar surface area (TPSA) is 92.8 Å². The highest BCUT2D eigenvalue weighted by Crippen LogP contribution is 2.28. The second kappa shape index (κ2) is 10.2. The van der Waals surface area contributed by atoms with E-state index in [1.165, 1.54) is 22.5 Å². The van der Waals surface area contributed by atoms with Gasteiger partial charge in [0, 0.05) is 19.1 Å². The number of hydrogen-bond acceptors (Lipinski definition) is 5. The molecule has 0 radical (unpaired) electrons. The van der Waals surface area contributed by atoms with Crippen molar-refractivity contribution < 1.29 is 22.7 Å². The van der Waals surface area contributed by atoms with Gasteiger partial charge in [-0.1, -0.05) is 31.4 Å². The molecule has 156 valence electrons. The van der Waals surface area contributed by atoms with Gasteiger partial charge in [0.15, 0.2) is 6.61 Å². The van der Waals surface area contributed by atoms with E-state index in [0.717, 1.165) is 32.1 Å². The monoisotopic (exact) mass is 430 g/mol. The molecule has 2 rings (SSSR count). The normalized spacial score (nSPS) is 16.4. The van der Waals surface area contributed by atoms with Crippen molar-refractivity contribution in [2.24, 2.45) is 0 Å². The molecule has 1 fully saturated rings. The lowest BCUT2D eigenvalue weighted by Crippen LogP contribution is -2.36. The number of carbonyl (C=O) groups excluding carboxylic acids is 2. The number of sulfonamides is 1. The minimum atomic E-state index is -3.79. The van der Waals surface area contributed by atoms with E-state index in [1.54, 1.807) is 0 Å². The van der Waals surface area contributed by atoms with Gasteiger partial charge in [-0.3, -0.25) is 4.79 Å². The van der Waals surface area contributed by atoms with Gasteiger partial charge in [0.25, 0.3) is 5.91 Å². The molecule has 1 aliphatic heterocycles. The van der Waals surface area contributed by atoms with Crippen LogP contribution in [-0.2, 0) is 19.6 Å². The molecule has 7 nitrogen and oxygen atoms in total. The lowest BCUT2D eigenvalue weighted by atomic mass is 10.2. The average molecular weight is 431 g/mol. The Bertz CT molecular complexity index is 807. The number of piperidine rings is 1. The molecule has 1 heterocycles. The first kappa shape index (κ1) is 22.6. The van der Waals surface area contributed by atoms with E-state index in [1.807, 2.05) is 13.8 Å². The lowest BCUT2D eigenvalue weighted by Gasteiger charge is -2.26. The Balaban J connectivity index is 2.07. The third kappa shape index (κ3) is 5.93. The lowest BCUT2D eigenvalue weighted by molar-refractivity contribution is -0.124. The number of esters is 1. The summed E-state index contributed by atoms with van der Waals surface area (Å²) in [5.41, 5.74) is 0.0365. The molecular weight excluding hydrogens is 404 g/mol. The Morgan fingerprint density at radius 1 is 1.25 bits per heavy atom. The fourth-order valence-electron chi connectivity index (χ4n) is 3.11. The predicted molar refractivity (Wildman–Crippen MR) is 107 cm³/mol. The van der Waals surface area contributed by atoms with Crippen LogP contribution >= 0.6 is 11.6 Å². The summed E-state index contributed by atoms with van der Waals surface area (Å²) in [5, 5.41) is 2.78. The molecule has 28 heavy (non-hydrogen) atoms.